The molecule has 1 aliphatic heterocycles. The summed E-state index contributed by atoms with van der Waals surface area (Å²) in [7, 11) is 1.33. The number of likely N-dealkylation sites (tertiary alicyclic amines) is 1. The molecule has 1 fully saturated rings. The van der Waals surface area contributed by atoms with Crippen LogP contribution in [0.15, 0.2) is 18.2 Å². The highest BCUT2D eigenvalue weighted by Gasteiger charge is 2.43. The molecule has 6 nitrogen and oxygen atoms in total. The number of carbonyl (C=O) groups excluding carboxylic acids is 1. The van der Waals surface area contributed by atoms with Crippen molar-refractivity contribution < 1.29 is 28.6 Å². The van der Waals surface area contributed by atoms with Crippen molar-refractivity contribution in [2.75, 3.05) is 26.8 Å². The van der Waals surface area contributed by atoms with Gasteiger partial charge >= 0.3 is 5.97 Å². The lowest BCUT2D eigenvalue weighted by Gasteiger charge is -2.47. The molecule has 1 heterocycles. The average molecular weight is 297 g/mol. The first-order valence-electron chi connectivity index (χ1n) is 6.33. The molecule has 114 valence electrons. The van der Waals surface area contributed by atoms with Gasteiger partial charge in [-0.25, -0.2) is 9.18 Å². The van der Waals surface area contributed by atoms with Crippen LogP contribution in [0, 0.1) is 5.82 Å². The predicted molar refractivity (Wildman–Crippen MR) is 70.8 cm³/mol. The lowest BCUT2D eigenvalue weighted by molar-refractivity contribution is -0.159. The first-order chi connectivity index (χ1) is 9.84. The highest BCUT2D eigenvalue weighted by molar-refractivity contribution is 5.95. The summed E-state index contributed by atoms with van der Waals surface area (Å²) in [6.07, 6.45) is 0. The molecule has 0 unspecified atom stereocenters. The molecule has 0 aliphatic carbocycles. The van der Waals surface area contributed by atoms with E-state index in [0.717, 1.165) is 0 Å². The molecule has 0 aromatic heterocycles. The Balaban J connectivity index is 1.99. The van der Waals surface area contributed by atoms with Crippen LogP contribution >= 0.6 is 0 Å². The zero-order chi connectivity index (χ0) is 15.6. The van der Waals surface area contributed by atoms with Gasteiger partial charge in [0.05, 0.1) is 20.2 Å². The van der Waals surface area contributed by atoms with Crippen LogP contribution in [0.2, 0.25) is 0 Å². The van der Waals surface area contributed by atoms with Crippen LogP contribution in [-0.4, -0.2) is 54.3 Å². The number of ether oxygens (including phenoxy) is 2. The van der Waals surface area contributed by atoms with Gasteiger partial charge in [0.2, 0.25) is 0 Å². The van der Waals surface area contributed by atoms with Crippen LogP contribution in [0.1, 0.15) is 17.3 Å². The number of nitrogens with zero attached hydrogens (tertiary/aromatic N) is 1. The lowest BCUT2D eigenvalue weighted by atomic mass is 9.95. The van der Waals surface area contributed by atoms with Crippen molar-refractivity contribution in [3.8, 4) is 5.75 Å². The van der Waals surface area contributed by atoms with Crippen molar-refractivity contribution in [1.82, 2.24) is 4.90 Å². The van der Waals surface area contributed by atoms with Crippen LogP contribution in [0.3, 0.4) is 0 Å². The van der Waals surface area contributed by atoms with E-state index in [4.69, 9.17) is 14.6 Å². The first-order valence-corrected chi connectivity index (χ1v) is 6.33. The summed E-state index contributed by atoms with van der Waals surface area (Å²) in [6.45, 7) is 1.92. The number of aliphatic carboxylic acids is 1. The van der Waals surface area contributed by atoms with E-state index in [-0.39, 0.29) is 11.7 Å². The molecule has 1 aromatic rings. The van der Waals surface area contributed by atoms with Gasteiger partial charge in [0.1, 0.15) is 12.2 Å². The number of rotatable bonds is 5. The first kappa shape index (κ1) is 15.2. The Morgan fingerprint density at radius 3 is 2.67 bits per heavy atom. The van der Waals surface area contributed by atoms with E-state index in [9.17, 15) is 14.0 Å². The molecule has 0 bridgehead atoms. The van der Waals surface area contributed by atoms with Gasteiger partial charge in [-0.3, -0.25) is 4.79 Å². The minimum absolute atomic E-state index is 0.00580. The molecule has 1 amide bonds. The molecule has 1 saturated heterocycles. The molecule has 2 rings (SSSR count). The minimum Gasteiger partial charge on any atom is -0.494 e. The fourth-order valence-corrected chi connectivity index (χ4v) is 2.21. The molecule has 1 aromatic carbocycles. The van der Waals surface area contributed by atoms with E-state index in [1.807, 2.05) is 0 Å². The van der Waals surface area contributed by atoms with Crippen molar-refractivity contribution in [2.45, 2.75) is 12.5 Å². The second kappa shape index (κ2) is 5.69. The molecule has 0 atom stereocenters. The van der Waals surface area contributed by atoms with Crippen LogP contribution in [0.5, 0.6) is 5.75 Å². The summed E-state index contributed by atoms with van der Waals surface area (Å²) in [6, 6.07) is 3.89. The molecule has 7 heteroatoms. The Morgan fingerprint density at radius 2 is 2.10 bits per heavy atom. The fraction of sp³-hybridized carbons (Fsp3) is 0.429. The number of halogens is 1. The summed E-state index contributed by atoms with van der Waals surface area (Å²) in [4.78, 5) is 24.2. The number of carbonyl (C=O) groups is 2. The number of hydrogen-bond acceptors (Lipinski definition) is 4. The number of hydrogen-bond donors (Lipinski definition) is 1. The van der Waals surface area contributed by atoms with Crippen molar-refractivity contribution in [3.05, 3.63) is 29.6 Å². The van der Waals surface area contributed by atoms with Crippen molar-refractivity contribution in [3.63, 3.8) is 0 Å². The topological polar surface area (TPSA) is 76.1 Å². The number of amides is 1. The second-order valence-electron chi connectivity index (χ2n) is 5.14. The highest BCUT2D eigenvalue weighted by Crippen LogP contribution is 2.27. The standard InChI is InChI=1S/C14H16FNO5/c1-14(21-6-12(17)18)7-16(8-14)13(19)9-3-4-10(15)11(5-9)20-2/h3-5H,6-8H2,1-2H3,(H,17,18). The molecule has 0 radical (unpaired) electrons. The zero-order valence-corrected chi connectivity index (χ0v) is 11.8. The molecule has 1 N–H and O–H groups in total. The van der Waals surface area contributed by atoms with Crippen molar-refractivity contribution >= 4 is 11.9 Å². The number of carboxylic acid groups (broad SMARTS) is 1. The summed E-state index contributed by atoms with van der Waals surface area (Å²) in [5.74, 6) is -1.85. The maximum atomic E-state index is 13.3. The quantitative estimate of drug-likeness (QED) is 0.882. The average Bonchev–Trinajstić information content (AvgIpc) is 2.42. The largest absolute Gasteiger partial charge is 0.494 e. The van der Waals surface area contributed by atoms with Crippen LogP contribution in [0.4, 0.5) is 4.39 Å². The van der Waals surface area contributed by atoms with Gasteiger partial charge in [-0.15, -0.1) is 0 Å². The van der Waals surface area contributed by atoms with Gasteiger partial charge in [0.25, 0.3) is 5.91 Å². The molecule has 1 aliphatic rings. The van der Waals surface area contributed by atoms with Crippen LogP contribution < -0.4 is 4.74 Å². The van der Waals surface area contributed by atoms with Gasteiger partial charge in [-0.1, -0.05) is 0 Å². The third-order valence-corrected chi connectivity index (χ3v) is 3.28. The Bertz CT molecular complexity index is 568. The lowest BCUT2D eigenvalue weighted by Crippen LogP contribution is -2.63. The van der Waals surface area contributed by atoms with Crippen LogP contribution in [0.25, 0.3) is 0 Å². The summed E-state index contributed by atoms with van der Waals surface area (Å²) in [5.41, 5.74) is -0.341. The fourth-order valence-electron chi connectivity index (χ4n) is 2.21. The van der Waals surface area contributed by atoms with E-state index >= 15 is 0 Å². The SMILES string of the molecule is COc1cc(C(=O)N2CC(C)(OCC(=O)O)C2)ccc1F. The molecule has 0 spiro atoms. The normalized spacial score (nSPS) is 16.2. The highest BCUT2D eigenvalue weighted by atomic mass is 19.1. The van der Waals surface area contributed by atoms with Crippen molar-refractivity contribution in [1.29, 1.82) is 0 Å². The Hall–Kier alpha value is -2.15. The minimum atomic E-state index is -1.05. The maximum absolute atomic E-state index is 13.3. The third-order valence-electron chi connectivity index (χ3n) is 3.28. The van der Waals surface area contributed by atoms with Gasteiger partial charge in [0, 0.05) is 5.56 Å². The Kier molecular flexibility index (Phi) is 4.13. The summed E-state index contributed by atoms with van der Waals surface area (Å²) < 4.78 is 23.4. The van der Waals surface area contributed by atoms with E-state index in [0.29, 0.717) is 18.7 Å². The van der Waals surface area contributed by atoms with Gasteiger partial charge in [0.15, 0.2) is 11.6 Å². The number of methoxy groups -OCH3 is 1. The van der Waals surface area contributed by atoms with Gasteiger partial charge < -0.3 is 19.5 Å². The second-order valence-corrected chi connectivity index (χ2v) is 5.14. The Labute approximate surface area is 121 Å². The zero-order valence-electron chi connectivity index (χ0n) is 11.8. The number of benzene rings is 1. The van der Waals surface area contributed by atoms with Crippen LogP contribution in [-0.2, 0) is 9.53 Å². The molecule has 0 saturated carbocycles. The summed E-state index contributed by atoms with van der Waals surface area (Å²) in [5, 5.41) is 8.58. The summed E-state index contributed by atoms with van der Waals surface area (Å²) >= 11 is 0. The van der Waals surface area contributed by atoms with E-state index < -0.39 is 24.0 Å². The van der Waals surface area contributed by atoms with E-state index in [1.54, 1.807) is 6.92 Å². The third kappa shape index (κ3) is 3.30. The van der Waals surface area contributed by atoms with Gasteiger partial charge in [-0.05, 0) is 25.1 Å². The van der Waals surface area contributed by atoms with E-state index in [2.05, 4.69) is 0 Å². The number of carboxylic acids is 1. The van der Waals surface area contributed by atoms with Gasteiger partial charge in [-0.2, -0.15) is 0 Å². The van der Waals surface area contributed by atoms with E-state index in [1.165, 1.54) is 30.2 Å². The molecule has 21 heavy (non-hydrogen) atoms. The maximum Gasteiger partial charge on any atom is 0.329 e. The Morgan fingerprint density at radius 1 is 1.43 bits per heavy atom. The predicted octanol–water partition coefficient (Wildman–Crippen LogP) is 1.15. The van der Waals surface area contributed by atoms with Crippen molar-refractivity contribution in [2.24, 2.45) is 0 Å². The molecular formula is C14H16FNO5. The molecular weight excluding hydrogens is 281 g/mol. The smallest absolute Gasteiger partial charge is 0.329 e. The monoisotopic (exact) mass is 297 g/mol.